The van der Waals surface area contributed by atoms with Crippen LogP contribution in [0.15, 0.2) is 47.3 Å². The molecule has 3 aromatic heterocycles. The number of nitrogens with zero attached hydrogens (tertiary/aromatic N) is 2. The van der Waals surface area contributed by atoms with Crippen LogP contribution >= 0.6 is 0 Å². The molecule has 90 valence electrons. The van der Waals surface area contributed by atoms with Crippen molar-refractivity contribution in [1.29, 1.82) is 0 Å². The Balaban J connectivity index is 1.98. The van der Waals surface area contributed by atoms with Crippen LogP contribution in [0.1, 0.15) is 21.8 Å². The SMILES string of the molecule is O=C(O)c1ccc2nc(Cc3ccco3)cn2c1. The van der Waals surface area contributed by atoms with Crippen molar-refractivity contribution in [2.24, 2.45) is 0 Å². The van der Waals surface area contributed by atoms with Gasteiger partial charge in [0.1, 0.15) is 11.4 Å². The number of hydrogen-bond acceptors (Lipinski definition) is 3. The predicted octanol–water partition coefficient (Wildman–Crippen LogP) is 2.22. The first-order valence-electron chi connectivity index (χ1n) is 5.46. The van der Waals surface area contributed by atoms with E-state index in [1.807, 2.05) is 18.3 Å². The van der Waals surface area contributed by atoms with Crippen LogP contribution in [-0.4, -0.2) is 20.5 Å². The van der Waals surface area contributed by atoms with E-state index >= 15 is 0 Å². The lowest BCUT2D eigenvalue weighted by Crippen LogP contribution is -1.97. The number of carbonyl (C=O) groups is 1. The molecule has 0 bridgehead atoms. The molecule has 0 spiro atoms. The summed E-state index contributed by atoms with van der Waals surface area (Å²) in [5.41, 5.74) is 1.80. The van der Waals surface area contributed by atoms with E-state index in [0.29, 0.717) is 6.42 Å². The highest BCUT2D eigenvalue weighted by Gasteiger charge is 2.07. The van der Waals surface area contributed by atoms with Crippen LogP contribution < -0.4 is 0 Å². The van der Waals surface area contributed by atoms with Crippen LogP contribution in [0.4, 0.5) is 0 Å². The zero-order chi connectivity index (χ0) is 12.5. The summed E-state index contributed by atoms with van der Waals surface area (Å²) in [5, 5.41) is 8.91. The molecule has 0 aliphatic rings. The maximum Gasteiger partial charge on any atom is 0.337 e. The molecule has 3 heterocycles. The number of aromatic nitrogens is 2. The Hall–Kier alpha value is -2.56. The van der Waals surface area contributed by atoms with Gasteiger partial charge in [0.2, 0.25) is 0 Å². The highest BCUT2D eigenvalue weighted by Crippen LogP contribution is 2.12. The van der Waals surface area contributed by atoms with Gasteiger partial charge < -0.3 is 13.9 Å². The monoisotopic (exact) mass is 242 g/mol. The highest BCUT2D eigenvalue weighted by molar-refractivity contribution is 5.87. The number of hydrogen-bond donors (Lipinski definition) is 1. The molecule has 5 heteroatoms. The minimum atomic E-state index is -0.946. The molecule has 0 amide bonds. The summed E-state index contributed by atoms with van der Waals surface area (Å²) in [7, 11) is 0. The van der Waals surface area contributed by atoms with Gasteiger partial charge in [-0.3, -0.25) is 0 Å². The molecule has 0 atom stereocenters. The Morgan fingerprint density at radius 3 is 2.94 bits per heavy atom. The molecule has 0 saturated heterocycles. The van der Waals surface area contributed by atoms with Crippen molar-refractivity contribution < 1.29 is 14.3 Å². The van der Waals surface area contributed by atoms with Gasteiger partial charge in [0.15, 0.2) is 0 Å². The summed E-state index contributed by atoms with van der Waals surface area (Å²) in [6.07, 6.45) is 5.57. The topological polar surface area (TPSA) is 67.7 Å². The largest absolute Gasteiger partial charge is 0.478 e. The van der Waals surface area contributed by atoms with E-state index < -0.39 is 5.97 Å². The second-order valence-electron chi connectivity index (χ2n) is 3.98. The third-order valence-electron chi connectivity index (χ3n) is 2.68. The van der Waals surface area contributed by atoms with Crippen molar-refractivity contribution in [1.82, 2.24) is 9.38 Å². The minimum absolute atomic E-state index is 0.240. The van der Waals surface area contributed by atoms with Crippen LogP contribution in [0.2, 0.25) is 0 Å². The average molecular weight is 242 g/mol. The third-order valence-corrected chi connectivity index (χ3v) is 2.68. The zero-order valence-electron chi connectivity index (χ0n) is 9.41. The summed E-state index contributed by atoms with van der Waals surface area (Å²) in [6, 6.07) is 6.94. The standard InChI is InChI=1S/C13H10N2O3/c16-13(17)9-3-4-12-14-10(8-15(12)7-9)6-11-2-1-5-18-11/h1-5,7-8H,6H2,(H,16,17). The number of imidazole rings is 1. The van der Waals surface area contributed by atoms with Gasteiger partial charge in [0, 0.05) is 18.8 Å². The molecule has 0 radical (unpaired) electrons. The quantitative estimate of drug-likeness (QED) is 0.764. The fourth-order valence-corrected chi connectivity index (χ4v) is 1.85. The molecule has 0 aliphatic heterocycles. The van der Waals surface area contributed by atoms with Crippen LogP contribution in [0, 0.1) is 0 Å². The molecule has 0 unspecified atom stereocenters. The number of furan rings is 1. The molecular formula is C13H10N2O3. The predicted molar refractivity (Wildman–Crippen MR) is 63.7 cm³/mol. The molecule has 0 aliphatic carbocycles. The van der Waals surface area contributed by atoms with Crippen molar-refractivity contribution >= 4 is 11.6 Å². The van der Waals surface area contributed by atoms with E-state index in [4.69, 9.17) is 9.52 Å². The van der Waals surface area contributed by atoms with Gasteiger partial charge in [-0.25, -0.2) is 9.78 Å². The number of pyridine rings is 1. The smallest absolute Gasteiger partial charge is 0.337 e. The van der Waals surface area contributed by atoms with Crippen molar-refractivity contribution in [3.05, 3.63) is 59.9 Å². The minimum Gasteiger partial charge on any atom is -0.478 e. The van der Waals surface area contributed by atoms with E-state index in [-0.39, 0.29) is 5.56 Å². The van der Waals surface area contributed by atoms with E-state index in [2.05, 4.69) is 4.98 Å². The van der Waals surface area contributed by atoms with Gasteiger partial charge in [0.25, 0.3) is 0 Å². The maximum absolute atomic E-state index is 10.9. The number of carboxylic acids is 1. The normalized spacial score (nSPS) is 10.9. The van der Waals surface area contributed by atoms with E-state index in [1.165, 1.54) is 0 Å². The summed E-state index contributed by atoms with van der Waals surface area (Å²) in [5.74, 6) is -0.116. The molecule has 18 heavy (non-hydrogen) atoms. The Morgan fingerprint density at radius 1 is 1.33 bits per heavy atom. The molecule has 5 nitrogen and oxygen atoms in total. The fraction of sp³-hybridized carbons (Fsp3) is 0.0769. The van der Waals surface area contributed by atoms with Crippen molar-refractivity contribution in [3.8, 4) is 0 Å². The summed E-state index contributed by atoms with van der Waals surface area (Å²) < 4.78 is 6.96. The van der Waals surface area contributed by atoms with Crippen molar-refractivity contribution in [2.45, 2.75) is 6.42 Å². The Labute approximate surface area is 102 Å². The Kier molecular flexibility index (Phi) is 2.37. The van der Waals surface area contributed by atoms with E-state index in [9.17, 15) is 4.79 Å². The molecule has 0 saturated carbocycles. The van der Waals surface area contributed by atoms with E-state index in [0.717, 1.165) is 17.1 Å². The van der Waals surface area contributed by atoms with Crippen LogP contribution in [0.5, 0.6) is 0 Å². The number of rotatable bonds is 3. The number of aromatic carboxylic acids is 1. The zero-order valence-corrected chi connectivity index (χ0v) is 9.41. The third kappa shape index (κ3) is 1.86. The first-order chi connectivity index (χ1) is 8.72. The Morgan fingerprint density at radius 2 is 2.22 bits per heavy atom. The lowest BCUT2D eigenvalue weighted by Gasteiger charge is -1.95. The number of fused-ring (bicyclic) bond motifs is 1. The second kappa shape index (κ2) is 4.03. The number of carboxylic acid groups (broad SMARTS) is 1. The lowest BCUT2D eigenvalue weighted by molar-refractivity contribution is 0.0696. The van der Waals surface area contributed by atoms with Gasteiger partial charge in [-0.1, -0.05) is 0 Å². The van der Waals surface area contributed by atoms with Crippen LogP contribution in [-0.2, 0) is 6.42 Å². The molecule has 1 N–H and O–H groups in total. The van der Waals surface area contributed by atoms with Crippen molar-refractivity contribution in [3.63, 3.8) is 0 Å². The van der Waals surface area contributed by atoms with Gasteiger partial charge >= 0.3 is 5.97 Å². The van der Waals surface area contributed by atoms with Gasteiger partial charge in [0.05, 0.1) is 17.5 Å². The molecule has 0 fully saturated rings. The average Bonchev–Trinajstić information content (AvgIpc) is 2.96. The lowest BCUT2D eigenvalue weighted by atomic mass is 10.3. The first-order valence-corrected chi connectivity index (χ1v) is 5.46. The molecule has 3 rings (SSSR count). The second-order valence-corrected chi connectivity index (χ2v) is 3.98. The van der Waals surface area contributed by atoms with Crippen LogP contribution in [0.3, 0.4) is 0 Å². The summed E-state index contributed by atoms with van der Waals surface area (Å²) in [4.78, 5) is 15.3. The van der Waals surface area contributed by atoms with Crippen LogP contribution in [0.25, 0.3) is 5.65 Å². The Bertz CT molecular complexity index is 698. The maximum atomic E-state index is 10.9. The summed E-state index contributed by atoms with van der Waals surface area (Å²) in [6.45, 7) is 0. The van der Waals surface area contributed by atoms with E-state index in [1.54, 1.807) is 29.0 Å². The van der Waals surface area contributed by atoms with Gasteiger partial charge in [-0.05, 0) is 24.3 Å². The molecular weight excluding hydrogens is 232 g/mol. The molecule has 3 aromatic rings. The van der Waals surface area contributed by atoms with Crippen molar-refractivity contribution in [2.75, 3.05) is 0 Å². The molecule has 0 aromatic carbocycles. The fourth-order valence-electron chi connectivity index (χ4n) is 1.85. The van der Waals surface area contributed by atoms with Gasteiger partial charge in [-0.15, -0.1) is 0 Å². The highest BCUT2D eigenvalue weighted by atomic mass is 16.4. The van der Waals surface area contributed by atoms with Gasteiger partial charge in [-0.2, -0.15) is 0 Å². The summed E-state index contributed by atoms with van der Waals surface area (Å²) >= 11 is 0. The first kappa shape index (κ1) is 10.6.